The third kappa shape index (κ3) is 5.37. The molecule has 0 fully saturated rings. The van der Waals surface area contributed by atoms with Gasteiger partial charge in [0.1, 0.15) is 5.82 Å². The fourth-order valence-corrected chi connectivity index (χ4v) is 4.03. The Morgan fingerprint density at radius 3 is 2.53 bits per heavy atom. The summed E-state index contributed by atoms with van der Waals surface area (Å²) in [5.74, 6) is 0.261. The molecule has 172 valence electrons. The van der Waals surface area contributed by atoms with E-state index in [2.05, 4.69) is 5.32 Å². The van der Waals surface area contributed by atoms with E-state index >= 15 is 0 Å². The highest BCUT2D eigenvalue weighted by molar-refractivity contribution is 5.93. The molecule has 8 heteroatoms. The van der Waals surface area contributed by atoms with Gasteiger partial charge in [-0.3, -0.25) is 14.5 Å². The highest BCUT2D eigenvalue weighted by Gasteiger charge is 2.32. The number of methoxy groups -OCH3 is 2. The van der Waals surface area contributed by atoms with Gasteiger partial charge in [-0.15, -0.1) is 0 Å². The Kier molecular flexibility index (Phi) is 7.69. The van der Waals surface area contributed by atoms with Crippen LogP contribution >= 0.6 is 0 Å². The quantitative estimate of drug-likeness (QED) is 0.627. The van der Waals surface area contributed by atoms with Gasteiger partial charge < -0.3 is 19.5 Å². The number of carbonyl (C=O) groups is 2. The Bertz CT molecular complexity index is 995. The Morgan fingerprint density at radius 1 is 1.16 bits per heavy atom. The van der Waals surface area contributed by atoms with Gasteiger partial charge in [-0.1, -0.05) is 0 Å². The standard InChI is InChI=1S/C24H29FN2O5/c1-5-32-24(29)13-20-18-12-22(31-4)21(30-3)11-16(18)8-9-27(20)14-23(28)26-19-7-6-17(25)10-15(19)2/h6-7,10-12,20H,5,8-9,13-14H2,1-4H3,(H,26,28)/t20-/m1/s1. The molecule has 2 aromatic carbocycles. The van der Waals surface area contributed by atoms with Gasteiger partial charge in [-0.2, -0.15) is 0 Å². The van der Waals surface area contributed by atoms with E-state index in [1.807, 2.05) is 17.0 Å². The van der Waals surface area contributed by atoms with Gasteiger partial charge >= 0.3 is 5.97 Å². The highest BCUT2D eigenvalue weighted by atomic mass is 19.1. The van der Waals surface area contributed by atoms with Crippen LogP contribution in [-0.4, -0.2) is 50.7 Å². The monoisotopic (exact) mass is 444 g/mol. The summed E-state index contributed by atoms with van der Waals surface area (Å²) in [6.45, 7) is 4.45. The number of halogens is 1. The first-order valence-electron chi connectivity index (χ1n) is 10.6. The molecule has 1 amide bonds. The molecule has 0 aliphatic carbocycles. The Labute approximate surface area is 187 Å². The second-order valence-electron chi connectivity index (χ2n) is 7.66. The van der Waals surface area contributed by atoms with Crippen molar-refractivity contribution in [3.8, 4) is 11.5 Å². The average molecular weight is 445 g/mol. The van der Waals surface area contributed by atoms with Gasteiger partial charge in [-0.25, -0.2) is 4.39 Å². The van der Waals surface area contributed by atoms with Crippen molar-refractivity contribution >= 4 is 17.6 Å². The predicted octanol–water partition coefficient (Wildman–Crippen LogP) is 3.64. The summed E-state index contributed by atoms with van der Waals surface area (Å²) < 4.78 is 29.4. The SMILES string of the molecule is CCOC(=O)C[C@@H]1c2cc(OC)c(OC)cc2CCN1CC(=O)Nc1ccc(F)cc1C. The van der Waals surface area contributed by atoms with E-state index in [4.69, 9.17) is 14.2 Å². The molecule has 1 atom stereocenters. The van der Waals surface area contributed by atoms with Crippen LogP contribution in [0.4, 0.5) is 10.1 Å². The first kappa shape index (κ1) is 23.5. The minimum absolute atomic E-state index is 0.0780. The van der Waals surface area contributed by atoms with Crippen LogP contribution in [0.15, 0.2) is 30.3 Å². The maximum atomic E-state index is 13.4. The molecule has 1 N–H and O–H groups in total. The lowest BCUT2D eigenvalue weighted by Gasteiger charge is -2.37. The number of ether oxygens (including phenoxy) is 3. The molecule has 32 heavy (non-hydrogen) atoms. The zero-order valence-corrected chi connectivity index (χ0v) is 18.9. The maximum Gasteiger partial charge on any atom is 0.307 e. The minimum Gasteiger partial charge on any atom is -0.493 e. The number of carbonyl (C=O) groups excluding carboxylic acids is 2. The largest absolute Gasteiger partial charge is 0.493 e. The third-order valence-electron chi connectivity index (χ3n) is 5.59. The second-order valence-corrected chi connectivity index (χ2v) is 7.66. The number of hydrogen-bond acceptors (Lipinski definition) is 6. The summed E-state index contributed by atoms with van der Waals surface area (Å²) in [7, 11) is 3.14. The Hall–Kier alpha value is -3.13. The fraction of sp³-hybridized carbons (Fsp3) is 0.417. The summed E-state index contributed by atoms with van der Waals surface area (Å²) in [6, 6.07) is 7.66. The lowest BCUT2D eigenvalue weighted by molar-refractivity contribution is -0.145. The molecule has 0 bridgehead atoms. The van der Waals surface area contributed by atoms with Crippen molar-refractivity contribution < 1.29 is 28.2 Å². The topological polar surface area (TPSA) is 77.1 Å². The molecule has 2 aromatic rings. The van der Waals surface area contributed by atoms with E-state index in [1.54, 1.807) is 34.1 Å². The van der Waals surface area contributed by atoms with Crippen LogP contribution in [0.25, 0.3) is 0 Å². The van der Waals surface area contributed by atoms with Gasteiger partial charge in [0.05, 0.1) is 33.8 Å². The molecule has 3 rings (SSSR count). The smallest absolute Gasteiger partial charge is 0.307 e. The number of nitrogens with zero attached hydrogens (tertiary/aromatic N) is 1. The zero-order valence-electron chi connectivity index (χ0n) is 18.9. The number of fused-ring (bicyclic) bond motifs is 1. The van der Waals surface area contributed by atoms with Crippen molar-refractivity contribution in [1.82, 2.24) is 4.90 Å². The van der Waals surface area contributed by atoms with Crippen molar-refractivity contribution in [1.29, 1.82) is 0 Å². The van der Waals surface area contributed by atoms with E-state index in [0.29, 0.717) is 35.7 Å². The van der Waals surface area contributed by atoms with E-state index in [-0.39, 0.29) is 43.3 Å². The Balaban J connectivity index is 1.85. The number of anilines is 1. The van der Waals surface area contributed by atoms with Crippen molar-refractivity contribution in [2.24, 2.45) is 0 Å². The van der Waals surface area contributed by atoms with E-state index < -0.39 is 0 Å². The molecular formula is C24H29FN2O5. The summed E-state index contributed by atoms with van der Waals surface area (Å²) in [4.78, 5) is 27.1. The summed E-state index contributed by atoms with van der Waals surface area (Å²) in [5.41, 5.74) is 3.15. The molecule has 0 radical (unpaired) electrons. The van der Waals surface area contributed by atoms with Crippen LogP contribution in [0, 0.1) is 12.7 Å². The number of benzene rings is 2. The van der Waals surface area contributed by atoms with Crippen molar-refractivity contribution in [2.45, 2.75) is 32.7 Å². The average Bonchev–Trinajstić information content (AvgIpc) is 2.76. The fourth-order valence-electron chi connectivity index (χ4n) is 4.03. The molecule has 1 aliphatic heterocycles. The van der Waals surface area contributed by atoms with Crippen molar-refractivity contribution in [3.05, 3.63) is 52.8 Å². The summed E-state index contributed by atoms with van der Waals surface area (Å²) >= 11 is 0. The first-order chi connectivity index (χ1) is 15.4. The Morgan fingerprint density at radius 2 is 1.88 bits per heavy atom. The van der Waals surface area contributed by atoms with Crippen LogP contribution in [0.5, 0.6) is 11.5 Å². The molecule has 0 aromatic heterocycles. The number of aryl methyl sites for hydroxylation is 1. The molecular weight excluding hydrogens is 415 g/mol. The number of hydrogen-bond donors (Lipinski definition) is 1. The number of nitrogens with one attached hydrogen (secondary N) is 1. The van der Waals surface area contributed by atoms with Gasteiger partial charge in [0.2, 0.25) is 5.91 Å². The molecule has 0 saturated carbocycles. The molecule has 1 heterocycles. The van der Waals surface area contributed by atoms with Gasteiger partial charge in [0.25, 0.3) is 0 Å². The van der Waals surface area contributed by atoms with Crippen LogP contribution in [-0.2, 0) is 20.7 Å². The third-order valence-corrected chi connectivity index (χ3v) is 5.59. The van der Waals surface area contributed by atoms with E-state index in [0.717, 1.165) is 11.1 Å². The summed E-state index contributed by atoms with van der Waals surface area (Å²) in [5, 5.41) is 2.84. The molecule has 1 aliphatic rings. The van der Waals surface area contributed by atoms with Crippen molar-refractivity contribution in [3.63, 3.8) is 0 Å². The minimum atomic E-state index is -0.355. The van der Waals surface area contributed by atoms with Crippen LogP contribution < -0.4 is 14.8 Å². The normalized spacial score (nSPS) is 15.6. The maximum absolute atomic E-state index is 13.4. The second kappa shape index (κ2) is 10.5. The van der Waals surface area contributed by atoms with Gasteiger partial charge in [0, 0.05) is 18.3 Å². The highest BCUT2D eigenvalue weighted by Crippen LogP contribution is 2.39. The number of esters is 1. The first-order valence-corrected chi connectivity index (χ1v) is 10.6. The van der Waals surface area contributed by atoms with Crippen LogP contribution in [0.2, 0.25) is 0 Å². The lowest BCUT2D eigenvalue weighted by atomic mass is 9.90. The van der Waals surface area contributed by atoms with Crippen LogP contribution in [0.3, 0.4) is 0 Å². The van der Waals surface area contributed by atoms with Crippen molar-refractivity contribution in [2.75, 3.05) is 39.2 Å². The number of amides is 1. The molecule has 0 saturated heterocycles. The molecule has 0 unspecified atom stereocenters. The van der Waals surface area contributed by atoms with E-state index in [1.165, 1.54) is 12.1 Å². The predicted molar refractivity (Wildman–Crippen MR) is 119 cm³/mol. The summed E-state index contributed by atoms with van der Waals surface area (Å²) in [6.07, 6.45) is 0.803. The van der Waals surface area contributed by atoms with E-state index in [9.17, 15) is 14.0 Å². The molecule has 7 nitrogen and oxygen atoms in total. The van der Waals surface area contributed by atoms with Gasteiger partial charge in [0.15, 0.2) is 11.5 Å². The van der Waals surface area contributed by atoms with Gasteiger partial charge in [-0.05, 0) is 67.3 Å². The zero-order chi connectivity index (χ0) is 23.3. The number of rotatable bonds is 8. The molecule has 0 spiro atoms. The van der Waals surface area contributed by atoms with Crippen LogP contribution in [0.1, 0.15) is 36.1 Å². The lowest BCUT2D eigenvalue weighted by Crippen LogP contribution is -2.41.